The van der Waals surface area contributed by atoms with Crippen LogP contribution >= 0.6 is 11.7 Å². The molecule has 6 heteroatoms. The van der Waals surface area contributed by atoms with Crippen molar-refractivity contribution < 1.29 is 9.31 Å². The van der Waals surface area contributed by atoms with E-state index in [0.717, 1.165) is 22.1 Å². The molecule has 2 heterocycles. The van der Waals surface area contributed by atoms with Crippen molar-refractivity contribution in [1.82, 2.24) is 8.75 Å². The van der Waals surface area contributed by atoms with Gasteiger partial charge in [0, 0.05) is 11.0 Å². The van der Waals surface area contributed by atoms with Crippen LogP contribution < -0.4 is 5.46 Å². The Labute approximate surface area is 191 Å². The second kappa shape index (κ2) is 6.85. The molecule has 1 aliphatic rings. The lowest BCUT2D eigenvalue weighted by Gasteiger charge is -2.32. The van der Waals surface area contributed by atoms with E-state index >= 15 is 0 Å². The number of hydrogen-bond acceptors (Lipinski definition) is 5. The van der Waals surface area contributed by atoms with E-state index in [2.05, 4.69) is 98.8 Å². The Balaban J connectivity index is 1.61. The molecule has 1 aliphatic heterocycles. The Hall–Kier alpha value is -2.80. The summed E-state index contributed by atoms with van der Waals surface area (Å²) in [5.41, 5.74) is 4.14. The third kappa shape index (κ3) is 2.83. The number of rotatable bonds is 2. The van der Waals surface area contributed by atoms with Gasteiger partial charge in [-0.15, -0.1) is 0 Å². The lowest BCUT2D eigenvalue weighted by molar-refractivity contribution is 0.00578. The molecule has 5 aromatic rings. The fraction of sp³-hybridized carbons (Fsp3) is 0.231. The van der Waals surface area contributed by atoms with Crippen molar-refractivity contribution in [2.24, 2.45) is 0 Å². The Morgan fingerprint density at radius 1 is 0.719 bits per heavy atom. The average Bonchev–Trinajstić information content (AvgIpc) is 3.33. The molecule has 1 aromatic heterocycles. The SMILES string of the molecule is CC1(C)OB(c2ccc(-c3c4ccccc4cc4ccccc34)c3nsnc23)OC1(C)C. The molecule has 1 saturated heterocycles. The maximum Gasteiger partial charge on any atom is 0.497 e. The zero-order valence-corrected chi connectivity index (χ0v) is 19.4. The molecular formula is C26H23BN2O2S. The highest BCUT2D eigenvalue weighted by Gasteiger charge is 2.52. The van der Waals surface area contributed by atoms with Gasteiger partial charge in [0.1, 0.15) is 11.0 Å². The van der Waals surface area contributed by atoms with Crippen LogP contribution in [0.15, 0.2) is 66.7 Å². The summed E-state index contributed by atoms with van der Waals surface area (Å²) < 4.78 is 22.1. The lowest BCUT2D eigenvalue weighted by Crippen LogP contribution is -2.41. The van der Waals surface area contributed by atoms with Crippen molar-refractivity contribution in [3.05, 3.63) is 66.7 Å². The van der Waals surface area contributed by atoms with E-state index in [1.807, 2.05) is 0 Å². The second-order valence-corrected chi connectivity index (χ2v) is 9.97. The molecular weight excluding hydrogens is 415 g/mol. The van der Waals surface area contributed by atoms with Gasteiger partial charge in [0.25, 0.3) is 0 Å². The quantitative estimate of drug-likeness (QED) is 0.252. The summed E-state index contributed by atoms with van der Waals surface area (Å²) in [6.45, 7) is 8.28. The van der Waals surface area contributed by atoms with Crippen LogP contribution in [0.5, 0.6) is 0 Å². The highest BCUT2D eigenvalue weighted by Crippen LogP contribution is 2.40. The first-order chi connectivity index (χ1) is 15.4. The Kier molecular flexibility index (Phi) is 4.25. The molecule has 0 bridgehead atoms. The molecule has 32 heavy (non-hydrogen) atoms. The maximum atomic E-state index is 6.33. The standard InChI is InChI=1S/C26H23BN2O2S/c1-25(2)26(3,4)31-27(30-25)21-14-13-20(23-24(21)29-32-28-23)22-18-11-7-5-9-16(18)15-17-10-6-8-12-19(17)22/h5-15H,1-4H3. The van der Waals surface area contributed by atoms with Crippen LogP contribution in [0.4, 0.5) is 0 Å². The van der Waals surface area contributed by atoms with Crippen molar-refractivity contribution in [2.75, 3.05) is 0 Å². The van der Waals surface area contributed by atoms with Gasteiger partial charge in [0.05, 0.1) is 22.9 Å². The smallest absolute Gasteiger partial charge is 0.399 e. The lowest BCUT2D eigenvalue weighted by atomic mass is 9.77. The van der Waals surface area contributed by atoms with E-state index in [-0.39, 0.29) is 0 Å². The van der Waals surface area contributed by atoms with Crippen molar-refractivity contribution in [1.29, 1.82) is 0 Å². The molecule has 0 radical (unpaired) electrons. The van der Waals surface area contributed by atoms with Crippen LogP contribution in [0.1, 0.15) is 27.7 Å². The normalized spacial score (nSPS) is 17.6. The van der Waals surface area contributed by atoms with Gasteiger partial charge in [-0.25, -0.2) is 0 Å². The molecule has 0 spiro atoms. The first-order valence-corrected chi connectivity index (χ1v) is 11.6. The van der Waals surface area contributed by atoms with Gasteiger partial charge in [-0.1, -0.05) is 60.7 Å². The van der Waals surface area contributed by atoms with Gasteiger partial charge in [0.2, 0.25) is 0 Å². The minimum Gasteiger partial charge on any atom is -0.399 e. The summed E-state index contributed by atoms with van der Waals surface area (Å²) in [5.74, 6) is 0. The van der Waals surface area contributed by atoms with Gasteiger partial charge in [-0.05, 0) is 60.9 Å². The highest BCUT2D eigenvalue weighted by atomic mass is 32.1. The van der Waals surface area contributed by atoms with Gasteiger partial charge >= 0.3 is 7.12 Å². The fourth-order valence-corrected chi connectivity index (χ4v) is 5.13. The second-order valence-electron chi connectivity index (χ2n) is 9.45. The minimum atomic E-state index is -0.468. The predicted octanol–water partition coefficient (Wildman–Crippen LogP) is 5.96. The highest BCUT2D eigenvalue weighted by molar-refractivity contribution is 7.00. The summed E-state index contributed by atoms with van der Waals surface area (Å²) in [6.07, 6.45) is 0. The average molecular weight is 438 g/mol. The van der Waals surface area contributed by atoms with Crippen molar-refractivity contribution in [2.45, 2.75) is 38.9 Å². The van der Waals surface area contributed by atoms with Crippen molar-refractivity contribution in [3.63, 3.8) is 0 Å². The number of fused-ring (bicyclic) bond motifs is 3. The minimum absolute atomic E-state index is 0.405. The molecule has 0 atom stereocenters. The van der Waals surface area contributed by atoms with Gasteiger partial charge in [0.15, 0.2) is 0 Å². The summed E-state index contributed by atoms with van der Waals surface area (Å²) in [7, 11) is -0.468. The van der Waals surface area contributed by atoms with Gasteiger partial charge < -0.3 is 9.31 Å². The zero-order valence-electron chi connectivity index (χ0n) is 18.5. The van der Waals surface area contributed by atoms with E-state index < -0.39 is 18.3 Å². The van der Waals surface area contributed by atoms with Gasteiger partial charge in [-0.3, -0.25) is 0 Å². The zero-order chi connectivity index (χ0) is 22.1. The number of aromatic nitrogens is 2. The Bertz CT molecular complexity index is 1440. The van der Waals surface area contributed by atoms with Crippen molar-refractivity contribution >= 4 is 56.9 Å². The van der Waals surface area contributed by atoms with Crippen LogP contribution in [-0.2, 0) is 9.31 Å². The summed E-state index contributed by atoms with van der Waals surface area (Å²) in [5, 5.41) is 4.85. The molecule has 1 fully saturated rings. The van der Waals surface area contributed by atoms with E-state index in [4.69, 9.17) is 13.7 Å². The predicted molar refractivity (Wildman–Crippen MR) is 134 cm³/mol. The van der Waals surface area contributed by atoms with E-state index in [1.165, 1.54) is 38.8 Å². The first kappa shape index (κ1) is 19.9. The first-order valence-electron chi connectivity index (χ1n) is 10.9. The molecule has 4 nitrogen and oxygen atoms in total. The van der Waals surface area contributed by atoms with Crippen LogP contribution in [0, 0.1) is 0 Å². The Morgan fingerprint density at radius 3 is 1.91 bits per heavy atom. The summed E-state index contributed by atoms with van der Waals surface area (Å²) in [4.78, 5) is 0. The molecule has 0 saturated carbocycles. The van der Waals surface area contributed by atoms with Crippen molar-refractivity contribution in [3.8, 4) is 11.1 Å². The fourth-order valence-electron chi connectivity index (χ4n) is 4.55. The van der Waals surface area contributed by atoms with Gasteiger partial charge in [-0.2, -0.15) is 8.75 Å². The van der Waals surface area contributed by atoms with E-state index in [9.17, 15) is 0 Å². The number of benzene rings is 4. The van der Waals surface area contributed by atoms with Crippen LogP contribution in [-0.4, -0.2) is 27.1 Å². The third-order valence-corrected chi connectivity index (χ3v) is 7.52. The van der Waals surface area contributed by atoms with E-state index in [1.54, 1.807) is 0 Å². The monoisotopic (exact) mass is 438 g/mol. The molecule has 4 aromatic carbocycles. The van der Waals surface area contributed by atoms with Crippen LogP contribution in [0.2, 0.25) is 0 Å². The molecule has 0 amide bonds. The number of hydrogen-bond donors (Lipinski definition) is 0. The summed E-state index contributed by atoms with van der Waals surface area (Å²) >= 11 is 1.23. The largest absolute Gasteiger partial charge is 0.497 e. The number of nitrogens with zero attached hydrogens (tertiary/aromatic N) is 2. The molecule has 0 unspecified atom stereocenters. The van der Waals surface area contributed by atoms with Crippen LogP contribution in [0.25, 0.3) is 43.7 Å². The van der Waals surface area contributed by atoms with Crippen LogP contribution in [0.3, 0.4) is 0 Å². The molecule has 0 aliphatic carbocycles. The van der Waals surface area contributed by atoms with E-state index in [0.29, 0.717) is 0 Å². The summed E-state index contributed by atoms with van der Waals surface area (Å²) in [6, 6.07) is 23.6. The Morgan fingerprint density at radius 2 is 1.28 bits per heavy atom. The third-order valence-electron chi connectivity index (χ3n) is 6.99. The molecule has 6 rings (SSSR count). The molecule has 158 valence electrons. The topological polar surface area (TPSA) is 44.2 Å². The molecule has 0 N–H and O–H groups in total. The maximum absolute atomic E-state index is 6.33.